The van der Waals surface area contributed by atoms with E-state index in [9.17, 15) is 24.3 Å². The van der Waals surface area contributed by atoms with Crippen LogP contribution in [0.4, 0.5) is 0 Å². The highest BCUT2D eigenvalue weighted by molar-refractivity contribution is 7.99. The summed E-state index contributed by atoms with van der Waals surface area (Å²) in [5.41, 5.74) is 1.51. The molecule has 1 amide bonds. The van der Waals surface area contributed by atoms with Gasteiger partial charge in [0.15, 0.2) is 5.78 Å². The number of esters is 2. The average Bonchev–Trinajstić information content (AvgIpc) is 2.86. The van der Waals surface area contributed by atoms with Gasteiger partial charge >= 0.3 is 11.9 Å². The molecule has 0 spiro atoms. The van der Waals surface area contributed by atoms with Gasteiger partial charge in [-0.05, 0) is 36.3 Å². The highest BCUT2D eigenvalue weighted by Gasteiger charge is 2.34. The lowest BCUT2D eigenvalue weighted by atomic mass is 9.90. The van der Waals surface area contributed by atoms with Crippen molar-refractivity contribution < 1.29 is 33.8 Å². The fourth-order valence-electron chi connectivity index (χ4n) is 3.76. The third kappa shape index (κ3) is 9.33. The summed E-state index contributed by atoms with van der Waals surface area (Å²) in [5.74, 6) is -2.32. The van der Waals surface area contributed by atoms with Crippen LogP contribution in [0.1, 0.15) is 48.7 Å². The van der Waals surface area contributed by atoms with Crippen molar-refractivity contribution in [3.63, 3.8) is 0 Å². The summed E-state index contributed by atoms with van der Waals surface area (Å²) < 4.78 is 9.94. The summed E-state index contributed by atoms with van der Waals surface area (Å²) in [6.07, 6.45) is -1.55. The third-order valence-electron chi connectivity index (χ3n) is 5.74. The molecule has 0 bridgehead atoms. The average molecular weight is 530 g/mol. The molecular formula is C28H35NO7S. The van der Waals surface area contributed by atoms with E-state index in [-0.39, 0.29) is 29.4 Å². The predicted molar refractivity (Wildman–Crippen MR) is 143 cm³/mol. The molecule has 9 heteroatoms. The van der Waals surface area contributed by atoms with Gasteiger partial charge in [-0.2, -0.15) is 11.8 Å². The second-order valence-electron chi connectivity index (χ2n) is 9.00. The van der Waals surface area contributed by atoms with Crippen LogP contribution in [0.15, 0.2) is 48.5 Å². The summed E-state index contributed by atoms with van der Waals surface area (Å²) in [7, 11) is 1.25. The monoisotopic (exact) mass is 529 g/mol. The van der Waals surface area contributed by atoms with Crippen molar-refractivity contribution in [3.8, 4) is 5.75 Å². The van der Waals surface area contributed by atoms with E-state index in [2.05, 4.69) is 5.32 Å². The van der Waals surface area contributed by atoms with Gasteiger partial charge in [0.1, 0.15) is 11.9 Å². The predicted octanol–water partition coefficient (Wildman–Crippen LogP) is 3.51. The molecule has 0 aliphatic carbocycles. The van der Waals surface area contributed by atoms with Crippen molar-refractivity contribution in [1.82, 2.24) is 5.32 Å². The summed E-state index contributed by atoms with van der Waals surface area (Å²) in [5, 5.41) is 14.2. The fraction of sp³-hybridized carbons (Fsp3) is 0.429. The molecule has 37 heavy (non-hydrogen) atoms. The number of aliphatic hydroxyl groups is 1. The van der Waals surface area contributed by atoms with Crippen molar-refractivity contribution in [2.75, 3.05) is 12.9 Å². The van der Waals surface area contributed by atoms with Gasteiger partial charge in [-0.15, -0.1) is 0 Å². The largest absolute Gasteiger partial charge is 0.469 e. The van der Waals surface area contributed by atoms with Crippen molar-refractivity contribution in [1.29, 1.82) is 0 Å². The standard InChI is InChI=1S/C28H35NO7S/c1-17(2)37-16-21(15-25(31)35-5)26(32)27(33)23(14-20-10-7-6-8-11-20)29-28(34)22-12-9-13-24(18(22)3)36-19(4)30/h6-13,17,21,23,27,33H,14-16H2,1-5H3,(H,29,34)/t21?,23-,27-/m0/s1. The number of ketones is 1. The topological polar surface area (TPSA) is 119 Å². The van der Waals surface area contributed by atoms with Crippen LogP contribution in [-0.2, 0) is 25.5 Å². The van der Waals surface area contributed by atoms with Crippen LogP contribution in [-0.4, -0.2) is 59.0 Å². The van der Waals surface area contributed by atoms with Gasteiger partial charge in [-0.1, -0.05) is 50.2 Å². The van der Waals surface area contributed by atoms with Crippen LogP contribution in [0.2, 0.25) is 0 Å². The van der Waals surface area contributed by atoms with Crippen LogP contribution >= 0.6 is 11.8 Å². The quantitative estimate of drug-likeness (QED) is 0.299. The molecule has 2 aromatic carbocycles. The molecule has 0 fully saturated rings. The molecular weight excluding hydrogens is 494 g/mol. The SMILES string of the molecule is COC(=O)CC(CSC(C)C)C(=O)[C@@H](O)[C@H](Cc1ccccc1)NC(=O)c1cccc(OC(C)=O)c1C. The summed E-state index contributed by atoms with van der Waals surface area (Å²) in [6.45, 7) is 6.87. The van der Waals surface area contributed by atoms with E-state index in [0.717, 1.165) is 5.56 Å². The van der Waals surface area contributed by atoms with Gasteiger partial charge in [0.25, 0.3) is 5.91 Å². The Hall–Kier alpha value is -3.17. The Kier molecular flexibility index (Phi) is 11.8. The van der Waals surface area contributed by atoms with Gasteiger partial charge in [-0.3, -0.25) is 19.2 Å². The van der Waals surface area contributed by atoms with Crippen molar-refractivity contribution >= 4 is 35.4 Å². The van der Waals surface area contributed by atoms with E-state index >= 15 is 0 Å². The summed E-state index contributed by atoms with van der Waals surface area (Å²) in [4.78, 5) is 50.1. The molecule has 0 saturated heterocycles. The molecule has 0 aliphatic rings. The van der Waals surface area contributed by atoms with E-state index < -0.39 is 41.7 Å². The number of carbonyl (C=O) groups is 4. The lowest BCUT2D eigenvalue weighted by Crippen LogP contribution is -2.50. The highest BCUT2D eigenvalue weighted by atomic mass is 32.2. The van der Waals surface area contributed by atoms with Crippen molar-refractivity contribution in [2.24, 2.45) is 5.92 Å². The molecule has 0 saturated carbocycles. The molecule has 2 N–H and O–H groups in total. The molecule has 8 nitrogen and oxygen atoms in total. The number of amides is 1. The number of Topliss-reactive ketones (excluding diaryl/α,β-unsaturated/α-hetero) is 1. The normalized spacial score (nSPS) is 13.4. The Balaban J connectivity index is 2.35. The number of nitrogens with one attached hydrogen (secondary N) is 1. The second kappa shape index (κ2) is 14.5. The maximum Gasteiger partial charge on any atom is 0.308 e. The molecule has 0 aliphatic heterocycles. The minimum absolute atomic E-state index is 0.165. The Labute approximate surface area is 222 Å². The number of carbonyl (C=O) groups excluding carboxylic acids is 4. The van der Waals surface area contributed by atoms with E-state index in [1.165, 1.54) is 25.8 Å². The lowest BCUT2D eigenvalue weighted by molar-refractivity contribution is -0.145. The number of ether oxygens (including phenoxy) is 2. The lowest BCUT2D eigenvalue weighted by Gasteiger charge is -2.27. The van der Waals surface area contributed by atoms with Crippen LogP contribution in [0.25, 0.3) is 0 Å². The van der Waals surface area contributed by atoms with Gasteiger partial charge in [0, 0.05) is 29.7 Å². The Bertz CT molecular complexity index is 1090. The first-order chi connectivity index (χ1) is 17.5. The van der Waals surface area contributed by atoms with Gasteiger partial charge in [0.2, 0.25) is 0 Å². The zero-order chi connectivity index (χ0) is 27.5. The molecule has 2 rings (SSSR count). The van der Waals surface area contributed by atoms with Crippen molar-refractivity contribution in [3.05, 3.63) is 65.2 Å². The van der Waals surface area contributed by atoms with Crippen LogP contribution in [0, 0.1) is 12.8 Å². The Morgan fingerprint density at radius 2 is 1.70 bits per heavy atom. The minimum atomic E-state index is -1.57. The first-order valence-corrected chi connectivity index (χ1v) is 13.1. The van der Waals surface area contributed by atoms with E-state index in [1.54, 1.807) is 25.1 Å². The van der Waals surface area contributed by atoms with Crippen LogP contribution in [0.5, 0.6) is 5.75 Å². The first-order valence-electron chi connectivity index (χ1n) is 12.1. The van der Waals surface area contributed by atoms with Crippen molar-refractivity contribution in [2.45, 2.75) is 57.9 Å². The number of thioether (sulfide) groups is 1. The zero-order valence-corrected chi connectivity index (χ0v) is 22.7. The van der Waals surface area contributed by atoms with Gasteiger partial charge in [0.05, 0.1) is 19.6 Å². The number of benzene rings is 2. The van der Waals surface area contributed by atoms with Crippen LogP contribution in [0.3, 0.4) is 0 Å². The number of hydrogen-bond donors (Lipinski definition) is 2. The zero-order valence-electron chi connectivity index (χ0n) is 21.9. The number of aliphatic hydroxyl groups excluding tert-OH is 1. The maximum atomic E-state index is 13.4. The number of methoxy groups -OCH3 is 1. The molecule has 3 atom stereocenters. The van der Waals surface area contributed by atoms with E-state index in [1.807, 2.05) is 44.2 Å². The smallest absolute Gasteiger partial charge is 0.308 e. The summed E-state index contributed by atoms with van der Waals surface area (Å²) in [6, 6.07) is 12.9. The fourth-order valence-corrected chi connectivity index (χ4v) is 4.66. The molecule has 0 aromatic heterocycles. The second-order valence-corrected chi connectivity index (χ2v) is 10.6. The first kappa shape index (κ1) is 30.1. The molecule has 0 heterocycles. The number of hydrogen-bond acceptors (Lipinski definition) is 8. The highest BCUT2D eigenvalue weighted by Crippen LogP contribution is 2.24. The van der Waals surface area contributed by atoms with E-state index in [0.29, 0.717) is 11.3 Å². The minimum Gasteiger partial charge on any atom is -0.469 e. The van der Waals surface area contributed by atoms with Gasteiger partial charge < -0.3 is 19.9 Å². The Morgan fingerprint density at radius 1 is 1.03 bits per heavy atom. The van der Waals surface area contributed by atoms with Crippen LogP contribution < -0.4 is 10.1 Å². The molecule has 200 valence electrons. The Morgan fingerprint density at radius 3 is 2.30 bits per heavy atom. The van der Waals surface area contributed by atoms with E-state index in [4.69, 9.17) is 9.47 Å². The molecule has 2 aromatic rings. The maximum absolute atomic E-state index is 13.4. The molecule has 1 unspecified atom stereocenters. The third-order valence-corrected chi connectivity index (χ3v) is 7.01. The van der Waals surface area contributed by atoms with Gasteiger partial charge in [-0.25, -0.2) is 0 Å². The molecule has 0 radical (unpaired) electrons. The number of rotatable bonds is 13. The summed E-state index contributed by atoms with van der Waals surface area (Å²) >= 11 is 1.50.